The van der Waals surface area contributed by atoms with Gasteiger partial charge in [-0.1, -0.05) is 6.58 Å². The summed E-state index contributed by atoms with van der Waals surface area (Å²) < 4.78 is 4.71. The Balaban J connectivity index is 3.26. The van der Waals surface area contributed by atoms with Crippen molar-refractivity contribution in [1.82, 2.24) is 0 Å². The van der Waals surface area contributed by atoms with Crippen LogP contribution in [0.3, 0.4) is 0 Å². The zero-order chi connectivity index (χ0) is 15.3. The highest BCUT2D eigenvalue weighted by molar-refractivity contribution is 6.07. The van der Waals surface area contributed by atoms with Gasteiger partial charge in [0.25, 0.3) is 5.91 Å². The van der Waals surface area contributed by atoms with Crippen LogP contribution >= 0.6 is 0 Å². The molecule has 1 rings (SSSR count). The normalized spacial score (nSPS) is 10.0. The molecule has 0 aliphatic rings. The minimum atomic E-state index is -0.587. The van der Waals surface area contributed by atoms with Crippen molar-refractivity contribution in [2.45, 2.75) is 20.1 Å². The van der Waals surface area contributed by atoms with E-state index >= 15 is 0 Å². The Morgan fingerprint density at radius 3 is 2.25 bits per heavy atom. The average Bonchev–Trinajstić information content (AvgIpc) is 2.45. The largest absolute Gasteiger partial charge is 0.492 e. The van der Waals surface area contributed by atoms with Gasteiger partial charge in [-0.15, -0.1) is 0 Å². The number of nitrogens with one attached hydrogen (secondary N) is 1. The molecule has 0 unspecified atom stereocenters. The number of aliphatic hydroxyl groups excluding tert-OH is 2. The Bertz CT molecular complexity index is 551. The topological polar surface area (TPSA) is 95.9 Å². The standard InChI is InChI=1S/C14H17NO5/c1-8(18)12-4-10(6-16)11(7-17)5-13(12)15-14(19)9(2)20-3/h4-5,16-17H,2,6-7H2,1,3H3,(H,15,19). The lowest BCUT2D eigenvalue weighted by atomic mass is 10.0. The van der Waals surface area contributed by atoms with E-state index in [1.54, 1.807) is 0 Å². The van der Waals surface area contributed by atoms with Gasteiger partial charge in [0.05, 0.1) is 26.0 Å². The van der Waals surface area contributed by atoms with E-state index in [1.807, 2.05) is 0 Å². The van der Waals surface area contributed by atoms with Crippen molar-refractivity contribution >= 4 is 17.4 Å². The first kappa shape index (κ1) is 15.9. The molecule has 3 N–H and O–H groups in total. The molecule has 0 radical (unpaired) electrons. The Labute approximate surface area is 116 Å². The highest BCUT2D eigenvalue weighted by Gasteiger charge is 2.16. The molecule has 0 fully saturated rings. The fourth-order valence-electron chi connectivity index (χ4n) is 1.66. The smallest absolute Gasteiger partial charge is 0.290 e. The second kappa shape index (κ2) is 6.83. The van der Waals surface area contributed by atoms with Gasteiger partial charge in [0.15, 0.2) is 11.5 Å². The van der Waals surface area contributed by atoms with Crippen molar-refractivity contribution in [3.05, 3.63) is 41.2 Å². The monoisotopic (exact) mass is 279 g/mol. The van der Waals surface area contributed by atoms with Crippen LogP contribution in [0.5, 0.6) is 0 Å². The number of Topliss-reactive ketones (excluding diaryl/α,β-unsaturated/α-hetero) is 1. The molecule has 1 aromatic rings. The summed E-state index contributed by atoms with van der Waals surface area (Å²) in [5, 5.41) is 20.9. The molecule has 6 nitrogen and oxygen atoms in total. The summed E-state index contributed by atoms with van der Waals surface area (Å²) in [6.07, 6.45) is 0. The zero-order valence-corrected chi connectivity index (χ0v) is 11.4. The van der Waals surface area contributed by atoms with Gasteiger partial charge in [0, 0.05) is 5.56 Å². The van der Waals surface area contributed by atoms with Gasteiger partial charge < -0.3 is 20.3 Å². The molecule has 0 heterocycles. The van der Waals surface area contributed by atoms with E-state index in [4.69, 9.17) is 4.74 Å². The first-order valence-corrected chi connectivity index (χ1v) is 5.87. The summed E-state index contributed by atoms with van der Waals surface area (Å²) in [5.41, 5.74) is 1.34. The summed E-state index contributed by atoms with van der Waals surface area (Å²) in [4.78, 5) is 23.3. The third-order valence-electron chi connectivity index (χ3n) is 2.81. The van der Waals surface area contributed by atoms with Crippen molar-refractivity contribution in [2.24, 2.45) is 0 Å². The lowest BCUT2D eigenvalue weighted by molar-refractivity contribution is -0.115. The van der Waals surface area contributed by atoms with E-state index in [0.29, 0.717) is 11.1 Å². The molecule has 1 amide bonds. The van der Waals surface area contributed by atoms with Crippen molar-refractivity contribution in [3.63, 3.8) is 0 Å². The number of rotatable bonds is 6. The molecular weight excluding hydrogens is 262 g/mol. The molecule has 0 spiro atoms. The second-order valence-corrected chi connectivity index (χ2v) is 4.12. The van der Waals surface area contributed by atoms with E-state index in [9.17, 15) is 19.8 Å². The highest BCUT2D eigenvalue weighted by atomic mass is 16.5. The number of methoxy groups -OCH3 is 1. The van der Waals surface area contributed by atoms with Gasteiger partial charge in [0.2, 0.25) is 0 Å². The third kappa shape index (κ3) is 3.43. The molecule has 1 aromatic carbocycles. The first-order valence-electron chi connectivity index (χ1n) is 5.87. The number of ether oxygens (including phenoxy) is 1. The molecule has 0 saturated carbocycles. The molecule has 108 valence electrons. The van der Waals surface area contributed by atoms with Crippen LogP contribution in [0, 0.1) is 0 Å². The van der Waals surface area contributed by atoms with Crippen molar-refractivity contribution in [1.29, 1.82) is 0 Å². The maximum Gasteiger partial charge on any atom is 0.290 e. The highest BCUT2D eigenvalue weighted by Crippen LogP contribution is 2.23. The second-order valence-electron chi connectivity index (χ2n) is 4.12. The molecule has 0 aromatic heterocycles. The predicted molar refractivity (Wildman–Crippen MR) is 73.1 cm³/mol. The minimum absolute atomic E-state index is 0.101. The summed E-state index contributed by atoms with van der Waals surface area (Å²) in [5.74, 6) is -0.963. The molecule has 20 heavy (non-hydrogen) atoms. The van der Waals surface area contributed by atoms with Crippen LogP contribution in [0.4, 0.5) is 5.69 Å². The number of ketones is 1. The number of hydrogen-bond donors (Lipinski definition) is 3. The molecule has 0 aliphatic heterocycles. The summed E-state index contributed by atoms with van der Waals surface area (Å²) >= 11 is 0. The van der Waals surface area contributed by atoms with Gasteiger partial charge in [-0.25, -0.2) is 0 Å². The third-order valence-corrected chi connectivity index (χ3v) is 2.81. The number of hydrogen-bond acceptors (Lipinski definition) is 5. The molecule has 0 atom stereocenters. The van der Waals surface area contributed by atoms with E-state index < -0.39 is 5.91 Å². The maximum absolute atomic E-state index is 11.7. The van der Waals surface area contributed by atoms with Crippen LogP contribution in [0.1, 0.15) is 28.4 Å². The van der Waals surface area contributed by atoms with Crippen molar-refractivity contribution < 1.29 is 24.5 Å². The lowest BCUT2D eigenvalue weighted by Crippen LogP contribution is -2.17. The summed E-state index contributed by atoms with van der Waals surface area (Å²) in [6, 6.07) is 2.89. The number of benzene rings is 1. The van der Waals surface area contributed by atoms with E-state index in [-0.39, 0.29) is 36.0 Å². The molecule has 0 bridgehead atoms. The quantitative estimate of drug-likeness (QED) is 0.410. The Morgan fingerprint density at radius 1 is 1.25 bits per heavy atom. The Morgan fingerprint density at radius 2 is 1.80 bits per heavy atom. The van der Waals surface area contributed by atoms with Crippen molar-refractivity contribution in [2.75, 3.05) is 12.4 Å². The summed E-state index contributed by atoms with van der Waals surface area (Å²) in [7, 11) is 1.31. The van der Waals surface area contributed by atoms with E-state index in [2.05, 4.69) is 11.9 Å². The van der Waals surface area contributed by atoms with E-state index in [1.165, 1.54) is 26.2 Å². The molecule has 0 saturated heterocycles. The van der Waals surface area contributed by atoms with Crippen LogP contribution < -0.4 is 5.32 Å². The minimum Gasteiger partial charge on any atom is -0.492 e. The van der Waals surface area contributed by atoms with Gasteiger partial charge in [0.1, 0.15) is 0 Å². The molecular formula is C14H17NO5. The van der Waals surface area contributed by atoms with Gasteiger partial charge >= 0.3 is 0 Å². The average molecular weight is 279 g/mol. The Kier molecular flexibility index (Phi) is 5.42. The van der Waals surface area contributed by atoms with Gasteiger partial charge in [-0.3, -0.25) is 9.59 Å². The van der Waals surface area contributed by atoms with Crippen LogP contribution in [0.15, 0.2) is 24.5 Å². The number of carbonyl (C=O) groups excluding carboxylic acids is 2. The number of carbonyl (C=O) groups is 2. The first-order chi connectivity index (χ1) is 9.44. The fraction of sp³-hybridized carbons (Fsp3) is 0.286. The van der Waals surface area contributed by atoms with Crippen LogP contribution in [-0.2, 0) is 22.7 Å². The van der Waals surface area contributed by atoms with E-state index in [0.717, 1.165) is 0 Å². The predicted octanol–water partition coefficient (Wildman–Crippen LogP) is 0.972. The molecule has 0 aliphatic carbocycles. The van der Waals surface area contributed by atoms with Crippen LogP contribution in [0.25, 0.3) is 0 Å². The Hall–Kier alpha value is -2.18. The number of amides is 1. The summed E-state index contributed by atoms with van der Waals surface area (Å²) in [6.45, 7) is 4.13. The van der Waals surface area contributed by atoms with Gasteiger partial charge in [-0.05, 0) is 30.2 Å². The molecule has 6 heteroatoms. The number of aliphatic hydroxyl groups is 2. The van der Waals surface area contributed by atoms with Crippen LogP contribution in [-0.4, -0.2) is 29.0 Å². The zero-order valence-electron chi connectivity index (χ0n) is 11.4. The van der Waals surface area contributed by atoms with Gasteiger partial charge in [-0.2, -0.15) is 0 Å². The maximum atomic E-state index is 11.7. The number of anilines is 1. The van der Waals surface area contributed by atoms with Crippen molar-refractivity contribution in [3.8, 4) is 0 Å². The fourth-order valence-corrected chi connectivity index (χ4v) is 1.66. The SMILES string of the molecule is C=C(OC)C(=O)Nc1cc(CO)c(CO)cc1C(C)=O. The van der Waals surface area contributed by atoms with Crippen LogP contribution in [0.2, 0.25) is 0 Å². The lowest BCUT2D eigenvalue weighted by Gasteiger charge is -2.14.